The van der Waals surface area contributed by atoms with Crippen molar-refractivity contribution < 1.29 is 0 Å². The minimum Gasteiger partial charge on any atom is -0.335 e. The molecule has 74 valence electrons. The fourth-order valence-corrected chi connectivity index (χ4v) is 1.53. The molecule has 0 atom stereocenters. The third-order valence-electron chi connectivity index (χ3n) is 2.30. The molecule has 0 amide bonds. The summed E-state index contributed by atoms with van der Waals surface area (Å²) in [6, 6.07) is 0. The summed E-state index contributed by atoms with van der Waals surface area (Å²) in [5, 5.41) is 0. The van der Waals surface area contributed by atoms with Gasteiger partial charge in [0.15, 0.2) is 0 Å². The van der Waals surface area contributed by atoms with Gasteiger partial charge in [0, 0.05) is 25.4 Å². The van der Waals surface area contributed by atoms with Gasteiger partial charge in [-0.05, 0) is 18.8 Å². The number of rotatable bonds is 5. The van der Waals surface area contributed by atoms with Crippen molar-refractivity contribution in [2.24, 2.45) is 5.92 Å². The van der Waals surface area contributed by atoms with E-state index in [1.54, 1.807) is 0 Å². The molecular weight excluding hydrogens is 160 g/mol. The highest BCUT2D eigenvalue weighted by Crippen LogP contribution is 2.07. The Morgan fingerprint density at radius 2 is 2.23 bits per heavy atom. The van der Waals surface area contributed by atoms with Crippen LogP contribution in [-0.2, 0) is 13.0 Å². The molecule has 13 heavy (non-hydrogen) atoms. The predicted octanol–water partition coefficient (Wildman–Crippen LogP) is 2.88. The van der Waals surface area contributed by atoms with E-state index in [2.05, 4.69) is 36.5 Å². The molecule has 2 heteroatoms. The zero-order valence-electron chi connectivity index (χ0n) is 8.95. The molecule has 0 spiro atoms. The molecule has 0 aliphatic heterocycles. The lowest BCUT2D eigenvalue weighted by atomic mass is 10.1. The Morgan fingerprint density at radius 3 is 2.85 bits per heavy atom. The summed E-state index contributed by atoms with van der Waals surface area (Å²) < 4.78 is 2.27. The van der Waals surface area contributed by atoms with Crippen LogP contribution in [-0.4, -0.2) is 9.55 Å². The number of aryl methyl sites for hydroxylation is 2. The highest BCUT2D eigenvalue weighted by molar-refractivity contribution is 4.91. The van der Waals surface area contributed by atoms with Crippen LogP contribution in [0.3, 0.4) is 0 Å². The first-order valence-corrected chi connectivity index (χ1v) is 5.24. The normalized spacial score (nSPS) is 11.1. The molecule has 0 aromatic carbocycles. The lowest BCUT2D eigenvalue weighted by Crippen LogP contribution is -2.03. The van der Waals surface area contributed by atoms with Crippen LogP contribution in [0.4, 0.5) is 0 Å². The van der Waals surface area contributed by atoms with Gasteiger partial charge in [-0.25, -0.2) is 4.98 Å². The van der Waals surface area contributed by atoms with E-state index in [0.29, 0.717) is 0 Å². The van der Waals surface area contributed by atoms with Crippen molar-refractivity contribution in [2.75, 3.05) is 0 Å². The Hall–Kier alpha value is -0.790. The third kappa shape index (κ3) is 3.21. The van der Waals surface area contributed by atoms with Gasteiger partial charge in [0.25, 0.3) is 0 Å². The maximum Gasteiger partial charge on any atom is 0.108 e. The molecule has 0 bridgehead atoms. The first-order valence-electron chi connectivity index (χ1n) is 5.24. The zero-order chi connectivity index (χ0) is 9.68. The Bertz CT molecular complexity index is 238. The molecule has 1 aromatic heterocycles. The van der Waals surface area contributed by atoms with Crippen LogP contribution in [0.2, 0.25) is 0 Å². The van der Waals surface area contributed by atoms with Gasteiger partial charge in [0.05, 0.1) is 0 Å². The first kappa shape index (κ1) is 10.3. The fraction of sp³-hybridized carbons (Fsp3) is 0.727. The van der Waals surface area contributed by atoms with E-state index in [-0.39, 0.29) is 0 Å². The molecule has 1 rings (SSSR count). The summed E-state index contributed by atoms with van der Waals surface area (Å²) in [6.07, 6.45) is 7.59. The van der Waals surface area contributed by atoms with Crippen LogP contribution < -0.4 is 0 Å². The van der Waals surface area contributed by atoms with Crippen molar-refractivity contribution in [3.8, 4) is 0 Å². The molecule has 0 saturated heterocycles. The predicted molar refractivity (Wildman–Crippen MR) is 55.7 cm³/mol. The summed E-state index contributed by atoms with van der Waals surface area (Å²) in [5.41, 5.74) is 0. The van der Waals surface area contributed by atoms with Gasteiger partial charge in [0.2, 0.25) is 0 Å². The van der Waals surface area contributed by atoms with E-state index in [0.717, 1.165) is 18.9 Å². The van der Waals surface area contributed by atoms with Gasteiger partial charge in [-0.2, -0.15) is 0 Å². The van der Waals surface area contributed by atoms with E-state index in [9.17, 15) is 0 Å². The summed E-state index contributed by atoms with van der Waals surface area (Å²) in [5.74, 6) is 2.03. The highest BCUT2D eigenvalue weighted by Gasteiger charge is 2.00. The molecule has 2 nitrogen and oxygen atoms in total. The van der Waals surface area contributed by atoms with Crippen LogP contribution >= 0.6 is 0 Å². The van der Waals surface area contributed by atoms with E-state index >= 15 is 0 Å². The molecule has 0 aliphatic rings. The minimum absolute atomic E-state index is 0.814. The van der Waals surface area contributed by atoms with E-state index in [4.69, 9.17) is 0 Å². The van der Waals surface area contributed by atoms with Gasteiger partial charge in [-0.15, -0.1) is 0 Å². The number of imidazole rings is 1. The number of aromatic nitrogens is 2. The monoisotopic (exact) mass is 180 g/mol. The van der Waals surface area contributed by atoms with Crippen molar-refractivity contribution in [1.82, 2.24) is 9.55 Å². The van der Waals surface area contributed by atoms with Crippen LogP contribution in [0.25, 0.3) is 0 Å². The standard InChI is InChI=1S/C11H20N2/c1-4-11-12-7-9-13(11)8-5-6-10(2)3/h7,9-10H,4-6,8H2,1-3H3. The van der Waals surface area contributed by atoms with Crippen LogP contribution in [0.5, 0.6) is 0 Å². The summed E-state index contributed by atoms with van der Waals surface area (Å²) >= 11 is 0. The smallest absolute Gasteiger partial charge is 0.108 e. The maximum atomic E-state index is 4.30. The fourth-order valence-electron chi connectivity index (χ4n) is 1.53. The summed E-state index contributed by atoms with van der Waals surface area (Å²) in [6.45, 7) is 7.83. The van der Waals surface area contributed by atoms with Gasteiger partial charge in [-0.3, -0.25) is 0 Å². The molecule has 0 N–H and O–H groups in total. The third-order valence-corrected chi connectivity index (χ3v) is 2.30. The Morgan fingerprint density at radius 1 is 1.46 bits per heavy atom. The van der Waals surface area contributed by atoms with Gasteiger partial charge in [0.1, 0.15) is 5.82 Å². The van der Waals surface area contributed by atoms with E-state index < -0.39 is 0 Å². The average molecular weight is 180 g/mol. The Labute approximate surface area is 81.0 Å². The first-order chi connectivity index (χ1) is 6.24. The van der Waals surface area contributed by atoms with E-state index in [1.807, 2.05) is 6.20 Å². The number of hydrogen-bond donors (Lipinski definition) is 0. The summed E-state index contributed by atoms with van der Waals surface area (Å²) in [4.78, 5) is 4.30. The molecule has 0 aliphatic carbocycles. The van der Waals surface area contributed by atoms with Crippen molar-refractivity contribution in [3.63, 3.8) is 0 Å². The van der Waals surface area contributed by atoms with Crippen molar-refractivity contribution >= 4 is 0 Å². The number of nitrogens with zero attached hydrogens (tertiary/aromatic N) is 2. The minimum atomic E-state index is 0.814. The quantitative estimate of drug-likeness (QED) is 0.681. The van der Waals surface area contributed by atoms with Crippen molar-refractivity contribution in [3.05, 3.63) is 18.2 Å². The largest absolute Gasteiger partial charge is 0.335 e. The van der Waals surface area contributed by atoms with Gasteiger partial charge >= 0.3 is 0 Å². The molecule has 1 heterocycles. The Kier molecular flexibility index (Phi) is 4.00. The molecule has 1 aromatic rings. The van der Waals surface area contributed by atoms with Crippen LogP contribution in [0, 0.1) is 5.92 Å². The zero-order valence-corrected chi connectivity index (χ0v) is 8.95. The topological polar surface area (TPSA) is 17.8 Å². The second kappa shape index (κ2) is 5.05. The van der Waals surface area contributed by atoms with Gasteiger partial charge in [-0.1, -0.05) is 20.8 Å². The Balaban J connectivity index is 2.36. The average Bonchev–Trinajstić information content (AvgIpc) is 2.51. The lowest BCUT2D eigenvalue weighted by molar-refractivity contribution is 0.504. The van der Waals surface area contributed by atoms with Gasteiger partial charge < -0.3 is 4.57 Å². The lowest BCUT2D eigenvalue weighted by Gasteiger charge is -2.07. The molecule has 0 radical (unpaired) electrons. The second-order valence-electron chi connectivity index (χ2n) is 3.93. The molecule has 0 fully saturated rings. The van der Waals surface area contributed by atoms with E-state index in [1.165, 1.54) is 18.7 Å². The molecule has 0 unspecified atom stereocenters. The van der Waals surface area contributed by atoms with Crippen LogP contribution in [0.1, 0.15) is 39.4 Å². The summed E-state index contributed by atoms with van der Waals surface area (Å²) in [7, 11) is 0. The molecular formula is C11H20N2. The second-order valence-corrected chi connectivity index (χ2v) is 3.93. The highest BCUT2D eigenvalue weighted by atomic mass is 15.1. The van der Waals surface area contributed by atoms with Crippen LogP contribution in [0.15, 0.2) is 12.4 Å². The maximum absolute atomic E-state index is 4.30. The van der Waals surface area contributed by atoms with Crippen molar-refractivity contribution in [1.29, 1.82) is 0 Å². The van der Waals surface area contributed by atoms with Crippen molar-refractivity contribution in [2.45, 2.75) is 46.6 Å². The molecule has 0 saturated carbocycles. The SMILES string of the molecule is CCc1nccn1CCCC(C)C. The number of hydrogen-bond acceptors (Lipinski definition) is 1.